The van der Waals surface area contributed by atoms with Gasteiger partial charge in [-0.15, -0.1) is 0 Å². The van der Waals surface area contributed by atoms with Crippen LogP contribution in [0.15, 0.2) is 36.7 Å². The van der Waals surface area contributed by atoms with E-state index in [-0.39, 0.29) is 5.91 Å². The van der Waals surface area contributed by atoms with Gasteiger partial charge in [-0.3, -0.25) is 9.78 Å². The lowest BCUT2D eigenvalue weighted by Crippen LogP contribution is -2.16. The van der Waals surface area contributed by atoms with Crippen LogP contribution in [0.3, 0.4) is 0 Å². The van der Waals surface area contributed by atoms with Crippen molar-refractivity contribution in [2.24, 2.45) is 0 Å². The molecular formula is C16H18N2O. The van der Waals surface area contributed by atoms with E-state index >= 15 is 0 Å². The highest BCUT2D eigenvalue weighted by molar-refractivity contribution is 5.93. The lowest BCUT2D eigenvalue weighted by molar-refractivity contribution is -0.115. The van der Waals surface area contributed by atoms with Gasteiger partial charge in [0.2, 0.25) is 5.91 Å². The van der Waals surface area contributed by atoms with Gasteiger partial charge in [-0.05, 0) is 49.6 Å². The molecule has 0 aliphatic carbocycles. The highest BCUT2D eigenvalue weighted by Gasteiger charge is 2.08. The molecule has 1 aromatic carbocycles. The summed E-state index contributed by atoms with van der Waals surface area (Å²) in [7, 11) is 0. The van der Waals surface area contributed by atoms with Crippen LogP contribution in [0.2, 0.25) is 0 Å². The van der Waals surface area contributed by atoms with Crippen LogP contribution in [-0.4, -0.2) is 10.9 Å². The fraction of sp³-hybridized carbons (Fsp3) is 0.250. The quantitative estimate of drug-likeness (QED) is 0.914. The molecule has 1 aromatic heterocycles. The Hall–Kier alpha value is -2.16. The zero-order valence-electron chi connectivity index (χ0n) is 11.5. The van der Waals surface area contributed by atoms with Gasteiger partial charge in [0.05, 0.1) is 6.42 Å². The summed E-state index contributed by atoms with van der Waals surface area (Å²) >= 11 is 0. The Balaban J connectivity index is 2.12. The number of benzene rings is 1. The second kappa shape index (κ2) is 5.65. The summed E-state index contributed by atoms with van der Waals surface area (Å²) in [6.45, 7) is 6.09. The molecule has 19 heavy (non-hydrogen) atoms. The SMILES string of the molecule is Cc1cc(C)c(NC(=O)Cc2ccncc2)c(C)c1. The smallest absolute Gasteiger partial charge is 0.228 e. The Morgan fingerprint density at radius 2 is 1.68 bits per heavy atom. The largest absolute Gasteiger partial charge is 0.325 e. The molecular weight excluding hydrogens is 236 g/mol. The van der Waals surface area contributed by atoms with Gasteiger partial charge < -0.3 is 5.32 Å². The molecule has 0 fully saturated rings. The fourth-order valence-corrected chi connectivity index (χ4v) is 2.25. The second-order valence-corrected chi connectivity index (χ2v) is 4.85. The topological polar surface area (TPSA) is 42.0 Å². The minimum absolute atomic E-state index is 0.00116. The predicted molar refractivity (Wildman–Crippen MR) is 77.2 cm³/mol. The van der Waals surface area contributed by atoms with E-state index < -0.39 is 0 Å². The number of nitrogens with zero attached hydrogens (tertiary/aromatic N) is 1. The highest BCUT2D eigenvalue weighted by Crippen LogP contribution is 2.22. The van der Waals surface area contributed by atoms with Crippen molar-refractivity contribution in [2.75, 3.05) is 5.32 Å². The number of carbonyl (C=O) groups is 1. The monoisotopic (exact) mass is 254 g/mol. The molecule has 3 heteroatoms. The number of pyridine rings is 1. The molecule has 3 nitrogen and oxygen atoms in total. The van der Waals surface area contributed by atoms with Crippen LogP contribution >= 0.6 is 0 Å². The number of rotatable bonds is 3. The molecule has 0 spiro atoms. The van der Waals surface area contributed by atoms with Crippen molar-refractivity contribution in [2.45, 2.75) is 27.2 Å². The summed E-state index contributed by atoms with van der Waals surface area (Å²) < 4.78 is 0. The van der Waals surface area contributed by atoms with Crippen LogP contribution in [0.25, 0.3) is 0 Å². The van der Waals surface area contributed by atoms with Gasteiger partial charge in [-0.2, -0.15) is 0 Å². The maximum absolute atomic E-state index is 12.0. The first kappa shape index (κ1) is 13.3. The van der Waals surface area contributed by atoms with Crippen molar-refractivity contribution >= 4 is 11.6 Å². The Bertz CT molecular complexity index is 568. The third-order valence-corrected chi connectivity index (χ3v) is 3.06. The zero-order valence-corrected chi connectivity index (χ0v) is 11.5. The molecule has 0 radical (unpaired) electrons. The molecule has 0 unspecified atom stereocenters. The van der Waals surface area contributed by atoms with E-state index in [0.717, 1.165) is 22.4 Å². The molecule has 2 aromatic rings. The molecule has 1 amide bonds. The van der Waals surface area contributed by atoms with Crippen molar-refractivity contribution in [1.82, 2.24) is 4.98 Å². The van der Waals surface area contributed by atoms with E-state index in [0.29, 0.717) is 6.42 Å². The average molecular weight is 254 g/mol. The summed E-state index contributed by atoms with van der Waals surface area (Å²) in [6, 6.07) is 7.87. The Kier molecular flexibility index (Phi) is 3.95. The van der Waals surface area contributed by atoms with Gasteiger partial charge >= 0.3 is 0 Å². The molecule has 0 saturated heterocycles. The number of hydrogen-bond donors (Lipinski definition) is 1. The number of nitrogens with one attached hydrogen (secondary N) is 1. The molecule has 0 aliphatic rings. The number of aryl methyl sites for hydroxylation is 3. The van der Waals surface area contributed by atoms with Crippen molar-refractivity contribution in [1.29, 1.82) is 0 Å². The van der Waals surface area contributed by atoms with Crippen LogP contribution < -0.4 is 5.32 Å². The summed E-state index contributed by atoms with van der Waals surface area (Å²) in [5, 5.41) is 2.99. The number of anilines is 1. The number of carbonyl (C=O) groups excluding carboxylic acids is 1. The van der Waals surface area contributed by atoms with Gasteiger partial charge in [-0.25, -0.2) is 0 Å². The number of hydrogen-bond acceptors (Lipinski definition) is 2. The molecule has 0 atom stereocenters. The summed E-state index contributed by atoms with van der Waals surface area (Å²) in [4.78, 5) is 16.0. The lowest BCUT2D eigenvalue weighted by atomic mass is 10.0. The van der Waals surface area contributed by atoms with Gasteiger partial charge in [-0.1, -0.05) is 17.7 Å². The summed E-state index contributed by atoms with van der Waals surface area (Å²) in [6.07, 6.45) is 3.77. The van der Waals surface area contributed by atoms with Crippen LogP contribution in [0, 0.1) is 20.8 Å². The molecule has 1 N–H and O–H groups in total. The van der Waals surface area contributed by atoms with Crippen molar-refractivity contribution in [3.8, 4) is 0 Å². The molecule has 1 heterocycles. The summed E-state index contributed by atoms with van der Waals surface area (Å²) in [5.74, 6) is 0.00116. The summed E-state index contributed by atoms with van der Waals surface area (Å²) in [5.41, 5.74) is 5.29. The lowest BCUT2D eigenvalue weighted by Gasteiger charge is -2.12. The fourth-order valence-electron chi connectivity index (χ4n) is 2.25. The van der Waals surface area contributed by atoms with Crippen LogP contribution in [0.5, 0.6) is 0 Å². The first-order chi connectivity index (χ1) is 9.06. The van der Waals surface area contributed by atoms with Gasteiger partial charge in [0.15, 0.2) is 0 Å². The van der Waals surface area contributed by atoms with Crippen LogP contribution in [0.4, 0.5) is 5.69 Å². The van der Waals surface area contributed by atoms with E-state index in [1.165, 1.54) is 5.56 Å². The highest BCUT2D eigenvalue weighted by atomic mass is 16.1. The van der Waals surface area contributed by atoms with Crippen LogP contribution in [-0.2, 0) is 11.2 Å². The third kappa shape index (κ3) is 3.41. The van der Waals surface area contributed by atoms with E-state index in [1.54, 1.807) is 12.4 Å². The van der Waals surface area contributed by atoms with Crippen molar-refractivity contribution in [3.63, 3.8) is 0 Å². The second-order valence-electron chi connectivity index (χ2n) is 4.85. The van der Waals surface area contributed by atoms with E-state index in [9.17, 15) is 4.79 Å². The first-order valence-electron chi connectivity index (χ1n) is 6.33. The van der Waals surface area contributed by atoms with E-state index in [1.807, 2.05) is 26.0 Å². The average Bonchev–Trinajstić information content (AvgIpc) is 2.35. The minimum atomic E-state index is 0.00116. The Labute approximate surface area is 113 Å². The molecule has 0 saturated carbocycles. The standard InChI is InChI=1S/C16H18N2O/c1-11-8-12(2)16(13(3)9-11)18-15(19)10-14-4-6-17-7-5-14/h4-9H,10H2,1-3H3,(H,18,19). The van der Waals surface area contributed by atoms with Crippen LogP contribution in [0.1, 0.15) is 22.3 Å². The number of amides is 1. The van der Waals surface area contributed by atoms with E-state index in [4.69, 9.17) is 0 Å². The Morgan fingerprint density at radius 3 is 2.26 bits per heavy atom. The maximum atomic E-state index is 12.0. The zero-order chi connectivity index (χ0) is 13.8. The maximum Gasteiger partial charge on any atom is 0.228 e. The molecule has 98 valence electrons. The van der Waals surface area contributed by atoms with Crippen molar-refractivity contribution in [3.05, 3.63) is 58.9 Å². The molecule has 0 aliphatic heterocycles. The minimum Gasteiger partial charge on any atom is -0.325 e. The van der Waals surface area contributed by atoms with Gasteiger partial charge in [0.25, 0.3) is 0 Å². The van der Waals surface area contributed by atoms with Crippen molar-refractivity contribution < 1.29 is 4.79 Å². The Morgan fingerprint density at radius 1 is 1.11 bits per heavy atom. The predicted octanol–water partition coefficient (Wildman–Crippen LogP) is 3.19. The normalized spacial score (nSPS) is 10.3. The van der Waals surface area contributed by atoms with E-state index in [2.05, 4.69) is 29.4 Å². The van der Waals surface area contributed by atoms with Gasteiger partial charge in [0, 0.05) is 18.1 Å². The molecule has 0 bridgehead atoms. The van der Waals surface area contributed by atoms with Gasteiger partial charge in [0.1, 0.15) is 0 Å². The first-order valence-corrected chi connectivity index (χ1v) is 6.33. The molecule has 2 rings (SSSR count). The number of aromatic nitrogens is 1. The third-order valence-electron chi connectivity index (χ3n) is 3.06.